The highest BCUT2D eigenvalue weighted by Crippen LogP contribution is 2.39. The van der Waals surface area contributed by atoms with E-state index in [1.54, 1.807) is 0 Å². The second-order valence-corrected chi connectivity index (χ2v) is 5.62. The van der Waals surface area contributed by atoms with Gasteiger partial charge in [0, 0.05) is 19.5 Å². The van der Waals surface area contributed by atoms with E-state index in [1.165, 1.54) is 0 Å². The van der Waals surface area contributed by atoms with Crippen LogP contribution in [0.3, 0.4) is 0 Å². The van der Waals surface area contributed by atoms with E-state index >= 15 is 0 Å². The Morgan fingerprint density at radius 1 is 1.17 bits per heavy atom. The molecule has 1 unspecified atom stereocenters. The maximum Gasteiger partial charge on any atom is 0.303 e. The molecule has 0 radical (unpaired) electrons. The molecule has 3 rings (SSSR count). The van der Waals surface area contributed by atoms with Crippen molar-refractivity contribution < 1.29 is 14.6 Å². The van der Waals surface area contributed by atoms with Crippen LogP contribution in [0.2, 0.25) is 0 Å². The molecule has 23 heavy (non-hydrogen) atoms. The van der Waals surface area contributed by atoms with Crippen molar-refractivity contribution in [2.45, 2.75) is 32.2 Å². The number of carboxylic acid groups (broad SMARTS) is 1. The van der Waals surface area contributed by atoms with Gasteiger partial charge in [-0.25, -0.2) is 0 Å². The highest BCUT2D eigenvalue weighted by Gasteiger charge is 2.30. The lowest BCUT2D eigenvalue weighted by molar-refractivity contribution is -0.137. The maximum absolute atomic E-state index is 10.9. The predicted octanol–water partition coefficient (Wildman–Crippen LogP) is 2.74. The summed E-state index contributed by atoms with van der Waals surface area (Å²) >= 11 is 0. The average Bonchev–Trinajstić information content (AvgIpc) is 2.91. The Hall–Kier alpha value is -2.53. The van der Waals surface area contributed by atoms with Crippen LogP contribution in [0, 0.1) is 0 Å². The number of nitrogens with zero attached hydrogens (tertiary/aromatic N) is 1. The lowest BCUT2D eigenvalue weighted by Crippen LogP contribution is -2.34. The summed E-state index contributed by atoms with van der Waals surface area (Å²) in [5.41, 5.74) is 8.92. The smallest absolute Gasteiger partial charge is 0.303 e. The van der Waals surface area contributed by atoms with Crippen LogP contribution in [-0.2, 0) is 17.9 Å². The molecule has 0 saturated carbocycles. The van der Waals surface area contributed by atoms with E-state index in [0.29, 0.717) is 19.5 Å². The number of nitrogens with two attached hydrogens (primary N) is 1. The zero-order valence-corrected chi connectivity index (χ0v) is 12.8. The molecule has 0 saturated heterocycles. The maximum atomic E-state index is 10.9. The van der Waals surface area contributed by atoms with Crippen molar-refractivity contribution in [2.24, 2.45) is 5.73 Å². The number of aliphatic carboxylic acids is 1. The fraction of sp³-hybridized carbons (Fsp3) is 0.278. The third-order valence-corrected chi connectivity index (χ3v) is 3.97. The van der Waals surface area contributed by atoms with Crippen LogP contribution >= 0.6 is 0 Å². The summed E-state index contributed by atoms with van der Waals surface area (Å²) in [6, 6.07) is 15.9. The number of para-hydroxylation sites is 2. The highest BCUT2D eigenvalue weighted by molar-refractivity contribution is 5.67. The Kier molecular flexibility index (Phi) is 4.48. The number of hydrogen-bond acceptors (Lipinski definition) is 4. The summed E-state index contributed by atoms with van der Waals surface area (Å²) in [5, 5.41) is 8.95. The van der Waals surface area contributed by atoms with Gasteiger partial charge in [-0.3, -0.25) is 4.79 Å². The molecule has 1 aliphatic heterocycles. The van der Waals surface area contributed by atoms with Crippen molar-refractivity contribution in [2.75, 3.05) is 4.90 Å². The minimum atomic E-state index is -0.811. The molecule has 0 amide bonds. The molecular formula is C18H20N2O3. The van der Waals surface area contributed by atoms with Crippen LogP contribution in [0.5, 0.6) is 5.75 Å². The first-order valence-corrected chi connectivity index (χ1v) is 7.69. The van der Waals surface area contributed by atoms with Gasteiger partial charge < -0.3 is 20.5 Å². The average molecular weight is 312 g/mol. The standard InChI is InChI=1S/C18H20N2O3/c19-11-13-4-3-5-14(10-13)12-20-15-6-1-2-7-16(15)23-17(20)8-9-18(21)22/h1-7,10,17H,8-9,11-12,19H2,(H,21,22). The van der Waals surface area contributed by atoms with Crippen molar-refractivity contribution in [3.63, 3.8) is 0 Å². The largest absolute Gasteiger partial charge is 0.481 e. The van der Waals surface area contributed by atoms with Gasteiger partial charge in [-0.1, -0.05) is 36.4 Å². The van der Waals surface area contributed by atoms with E-state index in [-0.39, 0.29) is 12.6 Å². The Labute approximate surface area is 135 Å². The lowest BCUT2D eigenvalue weighted by Gasteiger charge is -2.25. The third kappa shape index (κ3) is 3.46. The highest BCUT2D eigenvalue weighted by atomic mass is 16.5. The fourth-order valence-electron chi connectivity index (χ4n) is 2.86. The molecular weight excluding hydrogens is 292 g/mol. The second kappa shape index (κ2) is 6.71. The van der Waals surface area contributed by atoms with E-state index in [1.807, 2.05) is 42.5 Å². The molecule has 1 aliphatic rings. The minimum Gasteiger partial charge on any atom is -0.481 e. The van der Waals surface area contributed by atoms with Crippen LogP contribution in [0.25, 0.3) is 0 Å². The van der Waals surface area contributed by atoms with Crippen molar-refractivity contribution in [1.29, 1.82) is 0 Å². The van der Waals surface area contributed by atoms with Gasteiger partial charge >= 0.3 is 5.97 Å². The quantitative estimate of drug-likeness (QED) is 0.858. The molecule has 120 valence electrons. The van der Waals surface area contributed by atoms with Crippen LogP contribution in [0.15, 0.2) is 48.5 Å². The minimum absolute atomic E-state index is 0.0813. The van der Waals surface area contributed by atoms with Crippen LogP contribution in [-0.4, -0.2) is 17.3 Å². The van der Waals surface area contributed by atoms with E-state index in [2.05, 4.69) is 11.0 Å². The van der Waals surface area contributed by atoms with Crippen molar-refractivity contribution in [1.82, 2.24) is 0 Å². The van der Waals surface area contributed by atoms with Gasteiger partial charge in [0.05, 0.1) is 12.1 Å². The van der Waals surface area contributed by atoms with Crippen molar-refractivity contribution in [3.8, 4) is 5.75 Å². The summed E-state index contributed by atoms with van der Waals surface area (Å²) in [5.74, 6) is -0.00694. The summed E-state index contributed by atoms with van der Waals surface area (Å²) in [4.78, 5) is 13.0. The Morgan fingerprint density at radius 2 is 1.96 bits per heavy atom. The first-order chi connectivity index (χ1) is 11.2. The molecule has 1 atom stereocenters. The second-order valence-electron chi connectivity index (χ2n) is 5.62. The van der Waals surface area contributed by atoms with Gasteiger partial charge in [-0.15, -0.1) is 0 Å². The zero-order valence-electron chi connectivity index (χ0n) is 12.8. The van der Waals surface area contributed by atoms with E-state index in [0.717, 1.165) is 22.6 Å². The van der Waals surface area contributed by atoms with Crippen LogP contribution < -0.4 is 15.4 Å². The summed E-state index contributed by atoms with van der Waals surface area (Å²) < 4.78 is 5.94. The molecule has 2 aromatic rings. The van der Waals surface area contributed by atoms with Crippen molar-refractivity contribution in [3.05, 3.63) is 59.7 Å². The summed E-state index contributed by atoms with van der Waals surface area (Å²) in [7, 11) is 0. The van der Waals surface area contributed by atoms with Gasteiger partial charge in [0.2, 0.25) is 0 Å². The molecule has 0 aliphatic carbocycles. The number of ether oxygens (including phenoxy) is 1. The topological polar surface area (TPSA) is 75.8 Å². The van der Waals surface area contributed by atoms with Crippen LogP contribution in [0.1, 0.15) is 24.0 Å². The first kappa shape index (κ1) is 15.4. The Bertz CT molecular complexity index is 702. The van der Waals surface area contributed by atoms with E-state index in [4.69, 9.17) is 15.6 Å². The number of carbonyl (C=O) groups is 1. The van der Waals surface area contributed by atoms with Gasteiger partial charge in [0.15, 0.2) is 6.23 Å². The van der Waals surface area contributed by atoms with Crippen LogP contribution in [0.4, 0.5) is 5.69 Å². The zero-order chi connectivity index (χ0) is 16.2. The van der Waals surface area contributed by atoms with E-state index < -0.39 is 5.97 Å². The summed E-state index contributed by atoms with van der Waals surface area (Å²) in [6.45, 7) is 1.17. The number of carboxylic acids is 1. The first-order valence-electron chi connectivity index (χ1n) is 7.69. The molecule has 0 bridgehead atoms. The van der Waals surface area contributed by atoms with Gasteiger partial charge in [0.25, 0.3) is 0 Å². The predicted molar refractivity (Wildman–Crippen MR) is 88.2 cm³/mol. The Balaban J connectivity index is 1.83. The number of fused-ring (bicyclic) bond motifs is 1. The number of benzene rings is 2. The van der Waals surface area contributed by atoms with Gasteiger partial charge in [-0.2, -0.15) is 0 Å². The van der Waals surface area contributed by atoms with Gasteiger partial charge in [0.1, 0.15) is 5.75 Å². The molecule has 2 aromatic carbocycles. The number of anilines is 1. The molecule has 0 spiro atoms. The monoisotopic (exact) mass is 312 g/mol. The number of rotatable bonds is 6. The Morgan fingerprint density at radius 3 is 2.74 bits per heavy atom. The SMILES string of the molecule is NCc1cccc(CN2c3ccccc3OC2CCC(=O)O)c1. The number of hydrogen-bond donors (Lipinski definition) is 2. The molecule has 5 heteroatoms. The summed E-state index contributed by atoms with van der Waals surface area (Å²) in [6.07, 6.45) is 0.267. The third-order valence-electron chi connectivity index (χ3n) is 3.97. The molecule has 5 nitrogen and oxygen atoms in total. The molecule has 0 fully saturated rings. The fourth-order valence-corrected chi connectivity index (χ4v) is 2.86. The normalized spacial score (nSPS) is 16.0. The lowest BCUT2D eigenvalue weighted by atomic mass is 10.1. The van der Waals surface area contributed by atoms with Gasteiger partial charge in [-0.05, 0) is 23.3 Å². The molecule has 1 heterocycles. The molecule has 3 N–H and O–H groups in total. The van der Waals surface area contributed by atoms with E-state index in [9.17, 15) is 4.79 Å². The van der Waals surface area contributed by atoms with Crippen molar-refractivity contribution >= 4 is 11.7 Å². The molecule has 0 aromatic heterocycles.